The Hall–Kier alpha value is -1.95. The van der Waals surface area contributed by atoms with Crippen LogP contribution in [0.3, 0.4) is 0 Å². The Morgan fingerprint density at radius 3 is 2.62 bits per heavy atom. The van der Waals surface area contributed by atoms with Crippen molar-refractivity contribution in [2.45, 2.75) is 19.8 Å². The van der Waals surface area contributed by atoms with E-state index in [1.54, 1.807) is 6.07 Å². The van der Waals surface area contributed by atoms with E-state index in [2.05, 4.69) is 4.90 Å². The lowest BCUT2D eigenvalue weighted by Crippen LogP contribution is -2.32. The molecular formula is C15H21N3O3. The highest BCUT2D eigenvalue weighted by molar-refractivity contribution is 6.00. The van der Waals surface area contributed by atoms with E-state index in [1.807, 2.05) is 11.9 Å². The zero-order chi connectivity index (χ0) is 15.4. The molecule has 0 aromatic heterocycles. The second-order valence-electron chi connectivity index (χ2n) is 5.49. The fraction of sp³-hybridized carbons (Fsp3) is 0.533. The molecule has 1 saturated heterocycles. The molecule has 0 radical (unpaired) electrons. The third-order valence-electron chi connectivity index (χ3n) is 3.93. The van der Waals surface area contributed by atoms with Crippen LogP contribution < -0.4 is 4.90 Å². The Morgan fingerprint density at radius 1 is 1.38 bits per heavy atom. The first-order chi connectivity index (χ1) is 9.99. The Morgan fingerprint density at radius 2 is 2.05 bits per heavy atom. The van der Waals surface area contributed by atoms with Crippen LogP contribution in [0.25, 0.3) is 0 Å². The normalized spacial score (nSPS) is 15.1. The molecule has 0 aliphatic carbocycles. The van der Waals surface area contributed by atoms with E-state index in [9.17, 15) is 14.9 Å². The largest absolute Gasteiger partial charge is 0.373 e. The third kappa shape index (κ3) is 3.78. The summed E-state index contributed by atoms with van der Waals surface area (Å²) in [6, 6.07) is 4.48. The van der Waals surface area contributed by atoms with E-state index in [0.29, 0.717) is 5.56 Å². The number of carbonyl (C=O) groups is 1. The zero-order valence-electron chi connectivity index (χ0n) is 12.5. The summed E-state index contributed by atoms with van der Waals surface area (Å²) in [4.78, 5) is 26.5. The molecule has 0 atom stereocenters. The molecule has 0 N–H and O–H groups in total. The molecular weight excluding hydrogens is 270 g/mol. The summed E-state index contributed by atoms with van der Waals surface area (Å²) in [6.07, 6.45) is 2.50. The predicted molar refractivity (Wildman–Crippen MR) is 82.0 cm³/mol. The number of hydrogen-bond donors (Lipinski definition) is 0. The zero-order valence-corrected chi connectivity index (χ0v) is 12.5. The van der Waals surface area contributed by atoms with Gasteiger partial charge in [0, 0.05) is 43.5 Å². The number of ketones is 1. The van der Waals surface area contributed by atoms with Gasteiger partial charge >= 0.3 is 0 Å². The molecule has 21 heavy (non-hydrogen) atoms. The number of Topliss-reactive ketones (excluding diaryl/α,β-unsaturated/α-hetero) is 1. The lowest BCUT2D eigenvalue weighted by Gasteiger charge is -2.24. The number of non-ortho nitro benzene ring substituents is 1. The number of nitro benzene ring substituents is 1. The number of likely N-dealkylation sites (N-methyl/N-ethyl adjacent to an activating group) is 1. The van der Waals surface area contributed by atoms with E-state index in [0.717, 1.165) is 31.9 Å². The summed E-state index contributed by atoms with van der Waals surface area (Å²) in [5, 5.41) is 10.8. The van der Waals surface area contributed by atoms with Gasteiger partial charge in [-0.2, -0.15) is 0 Å². The van der Waals surface area contributed by atoms with Gasteiger partial charge in [-0.15, -0.1) is 0 Å². The molecule has 1 heterocycles. The molecule has 0 spiro atoms. The number of likely N-dealkylation sites (tertiary alicyclic amines) is 1. The first kappa shape index (κ1) is 15.4. The summed E-state index contributed by atoms with van der Waals surface area (Å²) < 4.78 is 0. The van der Waals surface area contributed by atoms with Crippen molar-refractivity contribution >= 4 is 17.2 Å². The first-order valence-corrected chi connectivity index (χ1v) is 7.22. The fourth-order valence-electron chi connectivity index (χ4n) is 2.67. The SMILES string of the molecule is CC(=O)c1cc([N+](=O)[O-])ccc1N(C)CCN1CCCC1. The quantitative estimate of drug-likeness (QED) is 0.457. The molecule has 6 nitrogen and oxygen atoms in total. The van der Waals surface area contributed by atoms with Crippen LogP contribution in [0.2, 0.25) is 0 Å². The molecule has 0 amide bonds. The highest BCUT2D eigenvalue weighted by Gasteiger charge is 2.17. The minimum atomic E-state index is -0.472. The minimum Gasteiger partial charge on any atom is -0.373 e. The maximum atomic E-state index is 11.7. The smallest absolute Gasteiger partial charge is 0.270 e. The van der Waals surface area contributed by atoms with Gasteiger partial charge < -0.3 is 9.80 Å². The van der Waals surface area contributed by atoms with E-state index in [1.165, 1.54) is 31.9 Å². The molecule has 0 saturated carbocycles. The summed E-state index contributed by atoms with van der Waals surface area (Å²) >= 11 is 0. The summed E-state index contributed by atoms with van der Waals surface area (Å²) in [5.74, 6) is -0.151. The van der Waals surface area contributed by atoms with Gasteiger partial charge in [0.2, 0.25) is 0 Å². The summed E-state index contributed by atoms with van der Waals surface area (Å²) in [6.45, 7) is 5.46. The highest BCUT2D eigenvalue weighted by Crippen LogP contribution is 2.25. The number of carbonyl (C=O) groups excluding carboxylic acids is 1. The van der Waals surface area contributed by atoms with Gasteiger partial charge in [-0.25, -0.2) is 0 Å². The highest BCUT2D eigenvalue weighted by atomic mass is 16.6. The molecule has 1 aromatic carbocycles. The monoisotopic (exact) mass is 291 g/mol. The Labute approximate surface area is 124 Å². The molecule has 0 bridgehead atoms. The van der Waals surface area contributed by atoms with Crippen molar-refractivity contribution < 1.29 is 9.72 Å². The number of hydrogen-bond acceptors (Lipinski definition) is 5. The number of rotatable bonds is 6. The van der Waals surface area contributed by atoms with Crippen LogP contribution in [-0.2, 0) is 0 Å². The van der Waals surface area contributed by atoms with Gasteiger partial charge in [0.05, 0.1) is 4.92 Å². The van der Waals surface area contributed by atoms with Crippen molar-refractivity contribution in [1.29, 1.82) is 0 Å². The molecule has 0 unspecified atom stereocenters. The molecule has 114 valence electrons. The second-order valence-corrected chi connectivity index (χ2v) is 5.49. The van der Waals surface area contributed by atoms with Crippen molar-refractivity contribution in [2.75, 3.05) is 38.1 Å². The Balaban J connectivity index is 2.13. The van der Waals surface area contributed by atoms with Crippen LogP contribution in [0, 0.1) is 10.1 Å². The van der Waals surface area contributed by atoms with Gasteiger partial charge in [-0.3, -0.25) is 14.9 Å². The van der Waals surface area contributed by atoms with Crippen molar-refractivity contribution in [3.05, 3.63) is 33.9 Å². The molecule has 6 heteroatoms. The topological polar surface area (TPSA) is 66.7 Å². The number of nitro groups is 1. The van der Waals surface area contributed by atoms with Crippen molar-refractivity contribution in [3.8, 4) is 0 Å². The molecule has 1 aliphatic rings. The fourth-order valence-corrected chi connectivity index (χ4v) is 2.67. The average molecular weight is 291 g/mol. The lowest BCUT2D eigenvalue weighted by atomic mass is 10.1. The van der Waals surface area contributed by atoms with Gasteiger partial charge in [0.1, 0.15) is 0 Å². The maximum absolute atomic E-state index is 11.7. The van der Waals surface area contributed by atoms with E-state index in [4.69, 9.17) is 0 Å². The summed E-state index contributed by atoms with van der Waals surface area (Å²) in [5.41, 5.74) is 1.12. The molecule has 1 fully saturated rings. The number of benzene rings is 1. The van der Waals surface area contributed by atoms with Crippen LogP contribution in [0.5, 0.6) is 0 Å². The Bertz CT molecular complexity index is 539. The van der Waals surface area contributed by atoms with Crippen molar-refractivity contribution in [3.63, 3.8) is 0 Å². The van der Waals surface area contributed by atoms with Gasteiger partial charge in [0.15, 0.2) is 5.78 Å². The van der Waals surface area contributed by atoms with Gasteiger partial charge in [-0.1, -0.05) is 0 Å². The minimum absolute atomic E-state index is 0.0445. The van der Waals surface area contributed by atoms with Crippen LogP contribution in [0.1, 0.15) is 30.1 Å². The van der Waals surface area contributed by atoms with E-state index < -0.39 is 4.92 Å². The van der Waals surface area contributed by atoms with Crippen LogP contribution >= 0.6 is 0 Å². The van der Waals surface area contributed by atoms with Crippen molar-refractivity contribution in [1.82, 2.24) is 4.90 Å². The third-order valence-corrected chi connectivity index (χ3v) is 3.93. The molecule has 2 rings (SSSR count). The number of anilines is 1. The van der Waals surface area contributed by atoms with Gasteiger partial charge in [-0.05, 0) is 38.9 Å². The van der Waals surface area contributed by atoms with E-state index in [-0.39, 0.29) is 11.5 Å². The van der Waals surface area contributed by atoms with Crippen LogP contribution in [0.15, 0.2) is 18.2 Å². The van der Waals surface area contributed by atoms with Crippen LogP contribution in [0.4, 0.5) is 11.4 Å². The standard InChI is InChI=1S/C15H21N3O3/c1-12(19)14-11-13(18(20)21)5-6-15(14)16(2)9-10-17-7-3-4-8-17/h5-6,11H,3-4,7-10H2,1-2H3. The summed E-state index contributed by atoms with van der Waals surface area (Å²) in [7, 11) is 1.92. The lowest BCUT2D eigenvalue weighted by molar-refractivity contribution is -0.384. The average Bonchev–Trinajstić information content (AvgIpc) is 2.97. The maximum Gasteiger partial charge on any atom is 0.270 e. The van der Waals surface area contributed by atoms with Crippen LogP contribution in [-0.4, -0.2) is 48.8 Å². The predicted octanol–water partition coefficient (Wildman–Crippen LogP) is 2.33. The van der Waals surface area contributed by atoms with Crippen molar-refractivity contribution in [2.24, 2.45) is 0 Å². The van der Waals surface area contributed by atoms with Gasteiger partial charge in [0.25, 0.3) is 5.69 Å². The first-order valence-electron chi connectivity index (χ1n) is 7.22. The molecule has 1 aromatic rings. The number of nitrogens with zero attached hydrogens (tertiary/aromatic N) is 3. The second kappa shape index (κ2) is 6.67. The Kier molecular flexibility index (Phi) is 4.90. The van der Waals surface area contributed by atoms with E-state index >= 15 is 0 Å². The molecule has 1 aliphatic heterocycles.